The zero-order valence-corrected chi connectivity index (χ0v) is 39.1. The Hall–Kier alpha value is -7.66. The maximum atomic E-state index is 13.6. The highest BCUT2D eigenvalue weighted by Gasteiger charge is 2.35. The molecule has 7 aromatic heterocycles. The summed E-state index contributed by atoms with van der Waals surface area (Å²) in [7, 11) is 0. The van der Waals surface area contributed by atoms with Crippen molar-refractivity contribution in [3.63, 3.8) is 0 Å². The Morgan fingerprint density at radius 1 is 0.681 bits per heavy atom. The first-order valence-corrected chi connectivity index (χ1v) is 22.8. The van der Waals surface area contributed by atoms with E-state index in [1.165, 1.54) is 4.52 Å². The third-order valence-electron chi connectivity index (χ3n) is 11.0. The summed E-state index contributed by atoms with van der Waals surface area (Å²) >= 11 is 17.4. The summed E-state index contributed by atoms with van der Waals surface area (Å²) in [5.41, 5.74) is 19.1. The van der Waals surface area contributed by atoms with E-state index in [9.17, 15) is 9.59 Å². The molecule has 25 heteroatoms. The third-order valence-corrected chi connectivity index (χ3v) is 11.7. The number of benzene rings is 2. The number of nitrogens with zero attached hydrogens (tertiary/aromatic N) is 15. The molecule has 2 fully saturated rings. The van der Waals surface area contributed by atoms with Crippen molar-refractivity contribution >= 4 is 87.6 Å². The van der Waals surface area contributed by atoms with Crippen LogP contribution in [0.5, 0.6) is 0 Å². The Kier molecular flexibility index (Phi) is 14.6. The summed E-state index contributed by atoms with van der Waals surface area (Å²) in [4.78, 5) is 65.4. The van der Waals surface area contributed by atoms with Gasteiger partial charge in [-0.1, -0.05) is 59.6 Å². The lowest BCUT2D eigenvalue weighted by Gasteiger charge is -2.27. The molecular weight excluding hydrogens is 951 g/mol. The summed E-state index contributed by atoms with van der Waals surface area (Å²) < 4.78 is 8.10. The van der Waals surface area contributed by atoms with E-state index in [0.717, 1.165) is 37.9 Å². The molecule has 0 bridgehead atoms. The number of anilines is 5. The van der Waals surface area contributed by atoms with Gasteiger partial charge in [0.25, 0.3) is 11.1 Å². The van der Waals surface area contributed by atoms with Gasteiger partial charge in [-0.05, 0) is 69.0 Å². The lowest BCUT2D eigenvalue weighted by atomic mass is 10.2. The number of nitrogens with two attached hydrogens (primary N) is 3. The number of nitrogen functional groups attached to an aromatic ring is 3. The number of aliphatic hydroxyl groups excluding tert-OH is 1. The second-order valence-corrected chi connectivity index (χ2v) is 16.4. The SMILES string of the molecule is CCO.Nc1nc(N)nc(N2CCC[C@H]2c2nn3ccc(Cl)c3c(=O)n2-c2ccccc2)n1.Nc1nc(N2CCC[C@H]2c2nn3ccc(Cl)c3c(=O)n2-c2ccccc2)n2ccnc2n1.O=CCCl. The van der Waals surface area contributed by atoms with Crippen LogP contribution in [0.15, 0.2) is 107 Å². The topological polar surface area (TPSA) is 282 Å². The Morgan fingerprint density at radius 3 is 1.64 bits per heavy atom. The fourth-order valence-electron chi connectivity index (χ4n) is 8.27. The molecule has 0 spiro atoms. The first kappa shape index (κ1) is 47.8. The molecule has 9 aromatic rings. The molecule has 7 N–H and O–H groups in total. The van der Waals surface area contributed by atoms with Gasteiger partial charge < -0.3 is 36.9 Å². The van der Waals surface area contributed by atoms with Crippen LogP contribution in [0.4, 0.5) is 29.7 Å². The summed E-state index contributed by atoms with van der Waals surface area (Å²) in [6.45, 7) is 3.33. The van der Waals surface area contributed by atoms with Gasteiger partial charge in [-0.25, -0.2) is 14.0 Å². The minimum atomic E-state index is -0.260. The number of hydrogen-bond acceptors (Lipinski definition) is 17. The van der Waals surface area contributed by atoms with Crippen LogP contribution in [0, 0.1) is 0 Å². The van der Waals surface area contributed by atoms with Gasteiger partial charge in [0.15, 0.2) is 11.6 Å². The molecule has 2 aliphatic rings. The van der Waals surface area contributed by atoms with E-state index in [4.69, 9.17) is 72.1 Å². The number of halogens is 3. The molecule has 0 saturated carbocycles. The minimum absolute atomic E-state index is 0.0456. The van der Waals surface area contributed by atoms with E-state index in [1.54, 1.807) is 61.9 Å². The first-order chi connectivity index (χ1) is 33.5. The van der Waals surface area contributed by atoms with Crippen LogP contribution in [0.25, 0.3) is 28.2 Å². The molecule has 2 aliphatic heterocycles. The van der Waals surface area contributed by atoms with Crippen molar-refractivity contribution in [2.45, 2.75) is 44.7 Å². The number of fused-ring (bicyclic) bond motifs is 3. The Labute approximate surface area is 407 Å². The van der Waals surface area contributed by atoms with Gasteiger partial charge >= 0.3 is 0 Å². The van der Waals surface area contributed by atoms with E-state index in [0.29, 0.717) is 68.9 Å². The number of hydrogen-bond donors (Lipinski definition) is 4. The molecule has 356 valence electrons. The zero-order chi connectivity index (χ0) is 48.8. The van der Waals surface area contributed by atoms with Crippen LogP contribution < -0.4 is 38.1 Å². The molecule has 22 nitrogen and oxygen atoms in total. The van der Waals surface area contributed by atoms with Gasteiger partial charge in [0.05, 0.1) is 39.4 Å². The highest BCUT2D eigenvalue weighted by molar-refractivity contribution is 6.34. The highest BCUT2D eigenvalue weighted by Crippen LogP contribution is 2.37. The van der Waals surface area contributed by atoms with Crippen LogP contribution in [0.1, 0.15) is 56.3 Å². The summed E-state index contributed by atoms with van der Waals surface area (Å²) in [6.07, 6.45) is 10.8. The molecule has 9 heterocycles. The predicted octanol–water partition coefficient (Wildman–Crippen LogP) is 4.75. The van der Waals surface area contributed by atoms with Gasteiger partial charge in [0.1, 0.15) is 17.3 Å². The van der Waals surface area contributed by atoms with Crippen molar-refractivity contribution in [2.24, 2.45) is 0 Å². The summed E-state index contributed by atoms with van der Waals surface area (Å²) in [6, 6.07) is 21.7. The normalized spacial score (nSPS) is 15.4. The van der Waals surface area contributed by atoms with Crippen LogP contribution >= 0.6 is 34.8 Å². The fourth-order valence-corrected chi connectivity index (χ4v) is 8.72. The number of rotatable bonds is 7. The quantitative estimate of drug-likeness (QED) is 0.124. The lowest BCUT2D eigenvalue weighted by molar-refractivity contribution is -0.105. The van der Waals surface area contributed by atoms with Crippen LogP contribution in [-0.2, 0) is 4.79 Å². The van der Waals surface area contributed by atoms with Gasteiger partial charge in [0, 0.05) is 44.5 Å². The molecule has 0 unspecified atom stereocenters. The predicted molar refractivity (Wildman–Crippen MR) is 264 cm³/mol. The van der Waals surface area contributed by atoms with Crippen molar-refractivity contribution in [3.05, 3.63) is 140 Å². The Balaban J connectivity index is 0.000000165. The molecule has 2 atom stereocenters. The van der Waals surface area contributed by atoms with Crippen molar-refractivity contribution in [1.82, 2.24) is 62.7 Å². The number of aromatic nitrogens is 13. The number of aldehydes is 1. The highest BCUT2D eigenvalue weighted by atomic mass is 35.5. The minimum Gasteiger partial charge on any atom is -0.397 e. The molecule has 11 rings (SSSR count). The van der Waals surface area contributed by atoms with Gasteiger partial charge in [-0.15, -0.1) is 11.6 Å². The number of carbonyl (C=O) groups is 1. The maximum absolute atomic E-state index is 13.6. The number of carbonyl (C=O) groups excluding carboxylic acids is 1. The van der Waals surface area contributed by atoms with Gasteiger partial charge in [-0.3, -0.25) is 23.1 Å². The molecule has 69 heavy (non-hydrogen) atoms. The van der Waals surface area contributed by atoms with Crippen molar-refractivity contribution in [3.8, 4) is 11.4 Å². The summed E-state index contributed by atoms with van der Waals surface area (Å²) in [5, 5.41) is 17.9. The van der Waals surface area contributed by atoms with E-state index >= 15 is 0 Å². The first-order valence-electron chi connectivity index (χ1n) is 21.6. The van der Waals surface area contributed by atoms with Crippen molar-refractivity contribution in [1.29, 1.82) is 0 Å². The van der Waals surface area contributed by atoms with E-state index in [-0.39, 0.29) is 53.5 Å². The van der Waals surface area contributed by atoms with E-state index in [2.05, 4.69) is 34.8 Å². The number of aliphatic hydroxyl groups is 1. The number of para-hydroxylation sites is 2. The second kappa shape index (κ2) is 21.1. The van der Waals surface area contributed by atoms with Crippen LogP contribution in [0.3, 0.4) is 0 Å². The number of imidazole rings is 1. The molecule has 0 amide bonds. The monoisotopic (exact) mass is 994 g/mol. The van der Waals surface area contributed by atoms with Gasteiger partial charge in [0.2, 0.25) is 35.5 Å². The maximum Gasteiger partial charge on any atom is 0.284 e. The molecule has 0 aliphatic carbocycles. The standard InChI is InChI=1S/C21H18ClN9O.C19H18ClN9O.C2H3ClO.C2H6O/c22-14-8-11-30-16(14)18(32)31(13-5-2-1-3-6-13)17(27-30)15-7-4-10-28(15)21-26-19(23)25-20-24-9-12-29(20)21;20-12-8-10-28-14(12)16(30)29(11-5-2-1-3-6-11)15(26-28)13-7-4-9-27(13)19-24-17(21)23-18(22)25-19;3-1-2-4;1-2-3/h1-3,5-6,8-9,11-12,15H,4,7,10H2,(H2,23,24,25);1-3,5-6,8,10,13H,4,7,9H2,(H4,21,22,23,24,25);2H,1H2;3H,2H2,1H3/t15-;13-;;/m00../s1. The zero-order valence-electron chi connectivity index (χ0n) is 36.9. The largest absolute Gasteiger partial charge is 0.397 e. The number of alkyl halides is 1. The van der Waals surface area contributed by atoms with E-state index in [1.807, 2.05) is 65.6 Å². The summed E-state index contributed by atoms with van der Waals surface area (Å²) in [5.74, 6) is 2.96. The molecule has 2 saturated heterocycles. The van der Waals surface area contributed by atoms with Crippen molar-refractivity contribution < 1.29 is 9.90 Å². The smallest absolute Gasteiger partial charge is 0.284 e. The third kappa shape index (κ3) is 9.72. The van der Waals surface area contributed by atoms with Crippen molar-refractivity contribution in [2.75, 3.05) is 52.6 Å². The van der Waals surface area contributed by atoms with E-state index < -0.39 is 0 Å². The second-order valence-electron chi connectivity index (χ2n) is 15.3. The average Bonchev–Trinajstić information content (AvgIpc) is 4.21. The van der Waals surface area contributed by atoms with Crippen LogP contribution in [0.2, 0.25) is 10.0 Å². The lowest BCUT2D eigenvalue weighted by Crippen LogP contribution is -2.34. The molecule has 2 aromatic carbocycles. The Morgan fingerprint density at radius 2 is 1.14 bits per heavy atom. The van der Waals surface area contributed by atoms with Crippen LogP contribution in [-0.4, -0.2) is 99.6 Å². The molecule has 0 radical (unpaired) electrons. The van der Waals surface area contributed by atoms with Gasteiger partial charge in [-0.2, -0.15) is 35.1 Å². The fraction of sp³-hybridized carbons (Fsp3) is 0.250. The Bertz CT molecular complexity index is 3340. The average molecular weight is 996 g/mol. The molecular formula is C44H45Cl3N18O4.